The summed E-state index contributed by atoms with van der Waals surface area (Å²) in [6, 6.07) is 6.52. The van der Waals surface area contributed by atoms with Gasteiger partial charge in [-0.15, -0.1) is 0 Å². The van der Waals surface area contributed by atoms with Crippen molar-refractivity contribution in [2.45, 2.75) is 19.0 Å². The number of halogens is 3. The molecule has 1 amide bonds. The number of alkyl halides is 3. The number of hydrogen-bond donors (Lipinski definition) is 2. The molecule has 0 spiro atoms. The molecule has 1 heterocycles. The van der Waals surface area contributed by atoms with Gasteiger partial charge in [0.2, 0.25) is 5.95 Å². The minimum atomic E-state index is -4.58. The lowest BCUT2D eigenvalue weighted by atomic mass is 10.1. The number of hydrogen-bond acceptors (Lipinski definition) is 5. The standard InChI is InChI=1S/C21H22F3N5O/c1-29(2)19(30)15-8-10-16(11-9-15)27-20-26-13-17(21(22,23)24)18(28-20)25-12-14-6-4-3-5-7-14/h4,6-11,13H,3,5,12H2,1-2H3,(H2,25,26,27,28). The fourth-order valence-corrected chi connectivity index (χ4v) is 2.85. The maximum Gasteiger partial charge on any atom is 0.421 e. The summed E-state index contributed by atoms with van der Waals surface area (Å²) in [4.78, 5) is 21.2. The van der Waals surface area contributed by atoms with Crippen LogP contribution < -0.4 is 10.6 Å². The zero-order valence-corrected chi connectivity index (χ0v) is 16.6. The monoisotopic (exact) mass is 417 g/mol. The highest BCUT2D eigenvalue weighted by atomic mass is 19.4. The first-order chi connectivity index (χ1) is 14.2. The van der Waals surface area contributed by atoms with Crippen LogP contribution in [0, 0.1) is 0 Å². The van der Waals surface area contributed by atoms with Crippen molar-refractivity contribution < 1.29 is 18.0 Å². The summed E-state index contributed by atoms with van der Waals surface area (Å²) in [6.45, 7) is 0.234. The maximum absolute atomic E-state index is 13.4. The van der Waals surface area contributed by atoms with Crippen molar-refractivity contribution in [2.75, 3.05) is 31.3 Å². The van der Waals surface area contributed by atoms with E-state index in [1.54, 1.807) is 38.4 Å². The predicted octanol–water partition coefficient (Wildman–Crippen LogP) is 4.63. The Bertz CT molecular complexity index is 966. The number of allylic oxidation sites excluding steroid dienone is 2. The van der Waals surface area contributed by atoms with Crippen LogP contribution >= 0.6 is 0 Å². The van der Waals surface area contributed by atoms with Gasteiger partial charge in [-0.1, -0.05) is 18.2 Å². The molecule has 1 aromatic carbocycles. The number of carbonyl (C=O) groups is 1. The van der Waals surface area contributed by atoms with Crippen LogP contribution in [-0.4, -0.2) is 41.4 Å². The third-order valence-electron chi connectivity index (χ3n) is 4.42. The van der Waals surface area contributed by atoms with Crippen molar-refractivity contribution in [2.24, 2.45) is 0 Å². The van der Waals surface area contributed by atoms with Crippen LogP contribution in [0.2, 0.25) is 0 Å². The van der Waals surface area contributed by atoms with E-state index in [0.717, 1.165) is 24.6 Å². The molecule has 0 unspecified atom stereocenters. The van der Waals surface area contributed by atoms with Crippen molar-refractivity contribution >= 4 is 23.4 Å². The number of rotatable bonds is 6. The normalized spacial score (nSPS) is 13.6. The van der Waals surface area contributed by atoms with E-state index >= 15 is 0 Å². The Morgan fingerprint density at radius 1 is 1.17 bits per heavy atom. The molecule has 1 aromatic heterocycles. The summed E-state index contributed by atoms with van der Waals surface area (Å²) in [7, 11) is 3.30. The molecule has 158 valence electrons. The molecule has 0 saturated carbocycles. The zero-order valence-electron chi connectivity index (χ0n) is 16.6. The van der Waals surface area contributed by atoms with Crippen LogP contribution in [0.25, 0.3) is 0 Å². The fraction of sp³-hybridized carbons (Fsp3) is 0.286. The van der Waals surface area contributed by atoms with Gasteiger partial charge in [0.05, 0.1) is 0 Å². The van der Waals surface area contributed by atoms with Crippen LogP contribution in [0.5, 0.6) is 0 Å². The van der Waals surface area contributed by atoms with E-state index in [1.165, 1.54) is 4.90 Å². The number of nitrogens with one attached hydrogen (secondary N) is 2. The van der Waals surface area contributed by atoms with Crippen LogP contribution in [0.4, 0.5) is 30.6 Å². The lowest BCUT2D eigenvalue weighted by molar-refractivity contribution is -0.137. The van der Waals surface area contributed by atoms with Crippen molar-refractivity contribution in [3.05, 3.63) is 65.4 Å². The Kier molecular flexibility index (Phi) is 6.39. The molecule has 2 N–H and O–H groups in total. The minimum Gasteiger partial charge on any atom is -0.365 e. The third-order valence-corrected chi connectivity index (χ3v) is 4.42. The van der Waals surface area contributed by atoms with E-state index in [1.807, 2.05) is 18.2 Å². The molecule has 0 saturated heterocycles. The molecule has 1 aliphatic rings. The second-order valence-electron chi connectivity index (χ2n) is 6.97. The first-order valence-corrected chi connectivity index (χ1v) is 9.36. The minimum absolute atomic E-state index is 0.0188. The van der Waals surface area contributed by atoms with Gasteiger partial charge in [0, 0.05) is 38.1 Å². The Hall–Kier alpha value is -3.36. The molecule has 0 bridgehead atoms. The van der Waals surface area contributed by atoms with Crippen LogP contribution in [0.15, 0.2) is 54.3 Å². The van der Waals surface area contributed by atoms with E-state index in [-0.39, 0.29) is 24.2 Å². The summed E-state index contributed by atoms with van der Waals surface area (Å²) >= 11 is 0. The van der Waals surface area contributed by atoms with E-state index in [9.17, 15) is 18.0 Å². The predicted molar refractivity (Wildman–Crippen MR) is 110 cm³/mol. The molecule has 0 fully saturated rings. The lowest BCUT2D eigenvalue weighted by Gasteiger charge is -2.16. The number of benzene rings is 1. The molecule has 0 aliphatic heterocycles. The molecular formula is C21H22F3N5O. The summed E-state index contributed by atoms with van der Waals surface area (Å²) < 4.78 is 40.1. The largest absolute Gasteiger partial charge is 0.421 e. The summed E-state index contributed by atoms with van der Waals surface area (Å²) in [5.74, 6) is -0.422. The third kappa shape index (κ3) is 5.37. The van der Waals surface area contributed by atoms with Crippen LogP contribution in [0.3, 0.4) is 0 Å². The summed E-state index contributed by atoms with van der Waals surface area (Å²) in [5.41, 5.74) is 1.02. The molecule has 30 heavy (non-hydrogen) atoms. The fourth-order valence-electron chi connectivity index (χ4n) is 2.85. The maximum atomic E-state index is 13.4. The van der Waals surface area contributed by atoms with Gasteiger partial charge < -0.3 is 15.5 Å². The van der Waals surface area contributed by atoms with Gasteiger partial charge in [0.1, 0.15) is 11.4 Å². The van der Waals surface area contributed by atoms with Crippen LogP contribution in [0.1, 0.15) is 28.8 Å². The molecule has 3 rings (SSSR count). The molecule has 0 atom stereocenters. The molecule has 2 aromatic rings. The number of amides is 1. The zero-order chi connectivity index (χ0) is 21.7. The quantitative estimate of drug-likeness (QED) is 0.717. The average Bonchev–Trinajstić information content (AvgIpc) is 2.72. The smallest absolute Gasteiger partial charge is 0.365 e. The van der Waals surface area contributed by atoms with Gasteiger partial charge in [-0.2, -0.15) is 18.2 Å². The Morgan fingerprint density at radius 2 is 1.90 bits per heavy atom. The van der Waals surface area contributed by atoms with E-state index < -0.39 is 11.7 Å². The highest BCUT2D eigenvalue weighted by molar-refractivity contribution is 5.94. The molecular weight excluding hydrogens is 395 g/mol. The first kappa shape index (κ1) is 21.4. The Morgan fingerprint density at radius 3 is 2.50 bits per heavy atom. The lowest BCUT2D eigenvalue weighted by Crippen LogP contribution is -2.21. The topological polar surface area (TPSA) is 70.2 Å². The number of anilines is 3. The van der Waals surface area contributed by atoms with Gasteiger partial charge in [-0.3, -0.25) is 4.79 Å². The molecule has 0 radical (unpaired) electrons. The van der Waals surface area contributed by atoms with Crippen LogP contribution in [-0.2, 0) is 6.18 Å². The second-order valence-corrected chi connectivity index (χ2v) is 6.97. The first-order valence-electron chi connectivity index (χ1n) is 9.36. The second kappa shape index (κ2) is 8.98. The average molecular weight is 417 g/mol. The van der Waals surface area contributed by atoms with E-state index in [2.05, 4.69) is 20.6 Å². The van der Waals surface area contributed by atoms with E-state index in [0.29, 0.717) is 11.3 Å². The van der Waals surface area contributed by atoms with Gasteiger partial charge >= 0.3 is 6.18 Å². The molecule has 9 heteroatoms. The highest BCUT2D eigenvalue weighted by Crippen LogP contribution is 2.34. The van der Waals surface area contributed by atoms with Gasteiger partial charge in [0.25, 0.3) is 5.91 Å². The SMILES string of the molecule is CN(C)C(=O)c1ccc(Nc2ncc(C(F)(F)F)c(NCC3=CCCC=C3)n2)cc1. The molecule has 6 nitrogen and oxygen atoms in total. The Labute approximate surface area is 172 Å². The van der Waals surface area contributed by atoms with E-state index in [4.69, 9.17) is 0 Å². The van der Waals surface area contributed by atoms with Crippen molar-refractivity contribution in [3.8, 4) is 0 Å². The van der Waals surface area contributed by atoms with Crippen molar-refractivity contribution in [1.82, 2.24) is 14.9 Å². The van der Waals surface area contributed by atoms with Gasteiger partial charge in [0.15, 0.2) is 0 Å². The van der Waals surface area contributed by atoms with Crippen molar-refractivity contribution in [1.29, 1.82) is 0 Å². The van der Waals surface area contributed by atoms with Gasteiger partial charge in [-0.05, 0) is 42.7 Å². The Balaban J connectivity index is 1.79. The summed E-state index contributed by atoms with van der Waals surface area (Å²) in [5, 5.41) is 5.64. The number of aromatic nitrogens is 2. The van der Waals surface area contributed by atoms with Crippen molar-refractivity contribution in [3.63, 3.8) is 0 Å². The summed E-state index contributed by atoms with van der Waals surface area (Å²) in [6.07, 6.45) is 3.83. The highest BCUT2D eigenvalue weighted by Gasteiger charge is 2.35. The number of carbonyl (C=O) groups excluding carboxylic acids is 1. The number of nitrogens with zero attached hydrogens (tertiary/aromatic N) is 3. The molecule has 1 aliphatic carbocycles. The van der Waals surface area contributed by atoms with Gasteiger partial charge in [-0.25, -0.2) is 4.98 Å².